The topological polar surface area (TPSA) is 59.9 Å². The normalized spacial score (nSPS) is 16.1. The second kappa shape index (κ2) is 4.18. The monoisotopic (exact) mass is 203 g/mol. The van der Waals surface area contributed by atoms with E-state index >= 15 is 0 Å². The highest BCUT2D eigenvalue weighted by Crippen LogP contribution is 2.19. The van der Waals surface area contributed by atoms with E-state index in [1.165, 1.54) is 12.5 Å². The zero-order valence-electron chi connectivity index (χ0n) is 8.49. The lowest BCUT2D eigenvalue weighted by atomic mass is 10.1. The van der Waals surface area contributed by atoms with Gasteiger partial charge in [-0.2, -0.15) is 5.26 Å². The van der Waals surface area contributed by atoms with Gasteiger partial charge in [0, 0.05) is 19.2 Å². The number of nitrogens with zero attached hydrogens (tertiary/aromatic N) is 2. The molecule has 1 fully saturated rings. The van der Waals surface area contributed by atoms with Crippen molar-refractivity contribution in [3.05, 3.63) is 28.0 Å². The number of pyridine rings is 1. The van der Waals surface area contributed by atoms with Crippen LogP contribution < -0.4 is 10.5 Å². The van der Waals surface area contributed by atoms with Crippen LogP contribution in [0.4, 0.5) is 5.82 Å². The van der Waals surface area contributed by atoms with Crippen molar-refractivity contribution in [1.29, 1.82) is 5.26 Å². The van der Waals surface area contributed by atoms with Crippen LogP contribution in [0.2, 0.25) is 0 Å². The highest BCUT2D eigenvalue weighted by molar-refractivity contribution is 5.53. The first-order valence-electron chi connectivity index (χ1n) is 5.19. The van der Waals surface area contributed by atoms with Gasteiger partial charge >= 0.3 is 0 Å². The van der Waals surface area contributed by atoms with Crippen molar-refractivity contribution < 1.29 is 0 Å². The summed E-state index contributed by atoms with van der Waals surface area (Å²) in [6, 6.07) is 5.09. The van der Waals surface area contributed by atoms with Crippen molar-refractivity contribution in [2.24, 2.45) is 0 Å². The molecular weight excluding hydrogens is 190 g/mol. The summed E-state index contributed by atoms with van der Waals surface area (Å²) in [6.45, 7) is 1.85. The van der Waals surface area contributed by atoms with Crippen LogP contribution in [0, 0.1) is 11.3 Å². The molecule has 0 unspecified atom stereocenters. The third-order valence-corrected chi connectivity index (χ3v) is 2.69. The molecule has 0 bridgehead atoms. The van der Waals surface area contributed by atoms with Gasteiger partial charge in [-0.1, -0.05) is 0 Å². The van der Waals surface area contributed by atoms with Gasteiger partial charge in [0.1, 0.15) is 11.9 Å². The molecule has 1 N–H and O–H groups in total. The van der Waals surface area contributed by atoms with E-state index in [9.17, 15) is 4.79 Å². The summed E-state index contributed by atoms with van der Waals surface area (Å²) in [5, 5.41) is 8.94. The predicted molar refractivity (Wildman–Crippen MR) is 57.8 cm³/mol. The number of hydrogen-bond acceptors (Lipinski definition) is 3. The van der Waals surface area contributed by atoms with E-state index in [2.05, 4.69) is 16.0 Å². The van der Waals surface area contributed by atoms with Crippen LogP contribution in [0.1, 0.15) is 24.8 Å². The number of piperidine rings is 1. The number of hydrogen-bond donors (Lipinski definition) is 1. The molecule has 1 aromatic heterocycles. The molecule has 0 aliphatic carbocycles. The average molecular weight is 203 g/mol. The molecular formula is C11H13N3O. The molecule has 4 nitrogen and oxygen atoms in total. The van der Waals surface area contributed by atoms with Gasteiger partial charge < -0.3 is 9.88 Å². The second-order valence-electron chi connectivity index (χ2n) is 3.74. The average Bonchev–Trinajstić information content (AvgIpc) is 2.30. The summed E-state index contributed by atoms with van der Waals surface area (Å²) in [5.41, 5.74) is 0.408. The minimum Gasteiger partial charge on any atom is -0.357 e. The predicted octanol–water partition coefficient (Wildman–Crippen LogP) is 1.24. The Balaban J connectivity index is 2.37. The number of nitriles is 1. The summed E-state index contributed by atoms with van der Waals surface area (Å²) >= 11 is 0. The molecule has 0 atom stereocenters. The smallest absolute Gasteiger partial charge is 0.249 e. The molecule has 0 radical (unpaired) electrons. The number of aromatic amines is 1. The van der Waals surface area contributed by atoms with E-state index in [1.807, 2.05) is 0 Å². The van der Waals surface area contributed by atoms with E-state index in [1.54, 1.807) is 6.07 Å². The minimum atomic E-state index is -0.144. The first kappa shape index (κ1) is 9.78. The fraction of sp³-hybridized carbons (Fsp3) is 0.455. The van der Waals surface area contributed by atoms with Crippen LogP contribution in [-0.2, 0) is 0 Å². The maximum Gasteiger partial charge on any atom is 0.249 e. The zero-order valence-corrected chi connectivity index (χ0v) is 8.49. The lowest BCUT2D eigenvalue weighted by Crippen LogP contribution is -2.32. The maximum atomic E-state index is 11.2. The highest BCUT2D eigenvalue weighted by Gasteiger charge is 2.14. The van der Waals surface area contributed by atoms with Crippen LogP contribution in [0.15, 0.2) is 16.9 Å². The molecule has 1 aliphatic heterocycles. The largest absolute Gasteiger partial charge is 0.357 e. The lowest BCUT2D eigenvalue weighted by molar-refractivity contribution is 0.572. The molecule has 2 heterocycles. The van der Waals surface area contributed by atoms with Gasteiger partial charge in [-0.05, 0) is 25.3 Å². The Kier molecular flexibility index (Phi) is 2.72. The van der Waals surface area contributed by atoms with E-state index in [0.717, 1.165) is 25.9 Å². The number of aromatic nitrogens is 1. The molecule has 1 saturated heterocycles. The van der Waals surface area contributed by atoms with Gasteiger partial charge in [0.15, 0.2) is 0 Å². The fourth-order valence-electron chi connectivity index (χ4n) is 1.92. The molecule has 0 saturated carbocycles. The van der Waals surface area contributed by atoms with Crippen molar-refractivity contribution in [3.63, 3.8) is 0 Å². The Morgan fingerprint density at radius 3 is 2.67 bits per heavy atom. The maximum absolute atomic E-state index is 11.2. The van der Waals surface area contributed by atoms with E-state index in [-0.39, 0.29) is 5.56 Å². The molecule has 0 aromatic carbocycles. The number of H-pyrrole nitrogens is 1. The van der Waals surface area contributed by atoms with Crippen LogP contribution >= 0.6 is 0 Å². The Bertz CT molecular complexity index is 438. The summed E-state index contributed by atoms with van der Waals surface area (Å²) < 4.78 is 0. The van der Waals surface area contributed by atoms with Crippen LogP contribution in [0.3, 0.4) is 0 Å². The van der Waals surface area contributed by atoms with Gasteiger partial charge in [-0.3, -0.25) is 4.79 Å². The molecule has 4 heteroatoms. The van der Waals surface area contributed by atoms with Crippen molar-refractivity contribution in [2.45, 2.75) is 19.3 Å². The van der Waals surface area contributed by atoms with Crippen LogP contribution in [-0.4, -0.2) is 18.1 Å². The van der Waals surface area contributed by atoms with Gasteiger partial charge in [0.25, 0.3) is 0 Å². The molecule has 0 spiro atoms. The third kappa shape index (κ3) is 2.01. The standard InChI is InChI=1S/C11H13N3O/c12-8-9-4-5-10(15)13-11(9)14-6-2-1-3-7-14/h4-5H,1-3,6-7H2,(H,13,15). The van der Waals surface area contributed by atoms with Crippen LogP contribution in [0.25, 0.3) is 0 Å². The first-order chi connectivity index (χ1) is 7.31. The summed E-state index contributed by atoms with van der Waals surface area (Å²) in [6.07, 6.45) is 3.49. The Labute approximate surface area is 88.1 Å². The third-order valence-electron chi connectivity index (χ3n) is 2.69. The van der Waals surface area contributed by atoms with Gasteiger partial charge in [-0.15, -0.1) is 0 Å². The SMILES string of the molecule is N#Cc1ccc(=O)[nH]c1N1CCCCC1. The van der Waals surface area contributed by atoms with E-state index in [0.29, 0.717) is 11.4 Å². The van der Waals surface area contributed by atoms with Crippen molar-refractivity contribution >= 4 is 5.82 Å². The number of anilines is 1. The molecule has 15 heavy (non-hydrogen) atoms. The Hall–Kier alpha value is -1.76. The van der Waals surface area contributed by atoms with Crippen molar-refractivity contribution in [3.8, 4) is 6.07 Å². The van der Waals surface area contributed by atoms with E-state index in [4.69, 9.17) is 5.26 Å². The number of nitrogens with one attached hydrogen (secondary N) is 1. The minimum absolute atomic E-state index is 0.144. The first-order valence-corrected chi connectivity index (χ1v) is 5.19. The lowest BCUT2D eigenvalue weighted by Gasteiger charge is -2.28. The molecule has 1 aromatic rings. The van der Waals surface area contributed by atoms with Crippen molar-refractivity contribution in [1.82, 2.24) is 4.98 Å². The second-order valence-corrected chi connectivity index (χ2v) is 3.74. The molecule has 78 valence electrons. The van der Waals surface area contributed by atoms with E-state index < -0.39 is 0 Å². The zero-order chi connectivity index (χ0) is 10.7. The highest BCUT2D eigenvalue weighted by atomic mass is 16.1. The van der Waals surface area contributed by atoms with Gasteiger partial charge in [0.05, 0.1) is 5.56 Å². The molecule has 0 amide bonds. The van der Waals surface area contributed by atoms with Crippen LogP contribution in [0.5, 0.6) is 0 Å². The van der Waals surface area contributed by atoms with Gasteiger partial charge in [0.2, 0.25) is 5.56 Å². The Morgan fingerprint density at radius 2 is 2.00 bits per heavy atom. The molecule has 1 aliphatic rings. The quantitative estimate of drug-likeness (QED) is 0.747. The van der Waals surface area contributed by atoms with Gasteiger partial charge in [-0.25, -0.2) is 0 Å². The van der Waals surface area contributed by atoms with Crippen molar-refractivity contribution in [2.75, 3.05) is 18.0 Å². The Morgan fingerprint density at radius 1 is 1.27 bits per heavy atom. The molecule has 2 rings (SSSR count). The summed E-state index contributed by atoms with van der Waals surface area (Å²) in [5.74, 6) is 0.685. The summed E-state index contributed by atoms with van der Waals surface area (Å²) in [4.78, 5) is 16.0. The summed E-state index contributed by atoms with van der Waals surface area (Å²) in [7, 11) is 0. The number of rotatable bonds is 1. The fourth-order valence-corrected chi connectivity index (χ4v) is 1.92.